The number of benzene rings is 8. The van der Waals surface area contributed by atoms with Crippen molar-refractivity contribution in [1.29, 1.82) is 0 Å². The maximum Gasteiger partial charge on any atom is 0.206 e. The lowest BCUT2D eigenvalue weighted by Gasteiger charge is -2.27. The van der Waals surface area contributed by atoms with E-state index in [0.29, 0.717) is 11.5 Å². The van der Waals surface area contributed by atoms with Crippen LogP contribution in [0, 0.1) is 0 Å². The van der Waals surface area contributed by atoms with E-state index < -0.39 is 9.84 Å². The third-order valence-corrected chi connectivity index (χ3v) is 14.0. The molecule has 7 heteroatoms. The molecule has 0 bridgehead atoms. The largest absolute Gasteiger partial charge is 0.488 e. The fraction of sp³-hybridized carbons (Fsp3) is 0.186. The summed E-state index contributed by atoms with van der Waals surface area (Å²) < 4.78 is 39.5. The highest BCUT2D eigenvalue weighted by atomic mass is 32.2. The number of para-hydroxylation sites is 2. The van der Waals surface area contributed by atoms with E-state index in [-0.39, 0.29) is 20.8 Å². The van der Waals surface area contributed by atoms with E-state index in [0.717, 1.165) is 75.8 Å². The lowest BCUT2D eigenvalue weighted by atomic mass is 9.81. The molecule has 0 saturated heterocycles. The number of hydrogen-bond acceptors (Lipinski definition) is 6. The molecule has 0 spiro atoms. The highest BCUT2D eigenvalue weighted by Crippen LogP contribution is 2.40. The van der Waals surface area contributed by atoms with Crippen molar-refractivity contribution in [3.8, 4) is 28.4 Å². The molecule has 0 saturated carbocycles. The Kier molecular flexibility index (Phi) is 13.5. The Hall–Kier alpha value is -7.09. The quantitative estimate of drug-likeness (QED) is 0.0908. The Labute approximate surface area is 391 Å². The molecule has 0 amide bonds. The lowest BCUT2D eigenvalue weighted by molar-refractivity contribution is 0.105. The van der Waals surface area contributed by atoms with Gasteiger partial charge in [-0.2, -0.15) is 0 Å². The van der Waals surface area contributed by atoms with Gasteiger partial charge >= 0.3 is 0 Å². The van der Waals surface area contributed by atoms with E-state index in [4.69, 9.17) is 9.47 Å². The second kappa shape index (κ2) is 19.6. The predicted octanol–water partition coefficient (Wildman–Crippen LogP) is 16.6. The van der Waals surface area contributed by atoms with Gasteiger partial charge < -0.3 is 19.3 Å². The smallest absolute Gasteiger partial charge is 0.206 e. The second-order valence-corrected chi connectivity index (χ2v) is 19.8. The van der Waals surface area contributed by atoms with Gasteiger partial charge in [0.2, 0.25) is 9.84 Å². The Balaban J connectivity index is 0.978. The molecule has 0 unspecified atom stereocenters. The molecule has 0 N–H and O–H groups in total. The van der Waals surface area contributed by atoms with Gasteiger partial charge in [-0.15, -0.1) is 0 Å². The zero-order chi connectivity index (χ0) is 46.3. The summed E-state index contributed by atoms with van der Waals surface area (Å²) in [5.74, 6) is 2.04. The summed E-state index contributed by atoms with van der Waals surface area (Å²) in [6, 6.07) is 68.2. The van der Waals surface area contributed by atoms with Crippen molar-refractivity contribution in [3.05, 3.63) is 212 Å². The number of ether oxygens (including phenoxy) is 2. The first-order valence-electron chi connectivity index (χ1n) is 22.8. The summed E-state index contributed by atoms with van der Waals surface area (Å²) in [6.45, 7) is 12.9. The molecule has 0 radical (unpaired) electrons. The van der Waals surface area contributed by atoms with Gasteiger partial charge in [-0.05, 0) is 182 Å². The Morgan fingerprint density at radius 3 is 1.17 bits per heavy atom. The van der Waals surface area contributed by atoms with Gasteiger partial charge in [0.15, 0.2) is 0 Å². The summed E-state index contributed by atoms with van der Waals surface area (Å²) in [7, 11) is -3.69. The van der Waals surface area contributed by atoms with Crippen LogP contribution in [0.25, 0.3) is 11.1 Å². The third kappa shape index (κ3) is 10.4. The first-order valence-corrected chi connectivity index (χ1v) is 24.3. The monoisotopic (exact) mass is 890 g/mol. The van der Waals surface area contributed by atoms with Crippen LogP contribution >= 0.6 is 0 Å². The Morgan fingerprint density at radius 1 is 0.424 bits per heavy atom. The standard InChI is InChI=1S/C59H58N2O4S/c1-7-43-58(3,4)46-23-39-56(40-24-46)66(62,63)57-41-37-54(38-42-57)64-53-33-29-51(30-34-53)60(47-15-11-9-12-16-47)49-25-19-44(20-26-49)45-21-27-50(28-22-45)61(48-17-13-10-14-18-48)52-31-35-55(36-32-52)65-59(5,6)8-2/h9-42H,7-8,43H2,1-6H3. The van der Waals surface area contributed by atoms with Gasteiger partial charge in [0, 0.05) is 34.1 Å². The maximum absolute atomic E-state index is 13.5. The van der Waals surface area contributed by atoms with Crippen LogP contribution in [0.5, 0.6) is 17.2 Å². The molecule has 0 fully saturated rings. The normalized spacial score (nSPS) is 11.8. The van der Waals surface area contributed by atoms with Crippen LogP contribution < -0.4 is 19.3 Å². The molecule has 0 aliphatic carbocycles. The molecular formula is C59H58N2O4S. The first kappa shape index (κ1) is 45.5. The number of nitrogens with zero attached hydrogens (tertiary/aromatic N) is 2. The van der Waals surface area contributed by atoms with Gasteiger partial charge in [0.1, 0.15) is 22.8 Å². The van der Waals surface area contributed by atoms with E-state index >= 15 is 0 Å². The van der Waals surface area contributed by atoms with Gasteiger partial charge in [0.05, 0.1) is 9.79 Å². The minimum absolute atomic E-state index is 0.0139. The van der Waals surface area contributed by atoms with Gasteiger partial charge in [0.25, 0.3) is 0 Å². The van der Waals surface area contributed by atoms with E-state index in [9.17, 15) is 8.42 Å². The molecule has 8 aromatic rings. The molecule has 0 heterocycles. The molecular weight excluding hydrogens is 833 g/mol. The van der Waals surface area contributed by atoms with Crippen LogP contribution in [0.2, 0.25) is 0 Å². The number of anilines is 6. The van der Waals surface area contributed by atoms with Crippen molar-refractivity contribution < 1.29 is 17.9 Å². The fourth-order valence-electron chi connectivity index (χ4n) is 8.19. The van der Waals surface area contributed by atoms with Crippen molar-refractivity contribution in [1.82, 2.24) is 0 Å². The third-order valence-electron chi connectivity index (χ3n) is 12.2. The Bertz CT molecular complexity index is 2920. The van der Waals surface area contributed by atoms with E-state index in [1.807, 2.05) is 72.8 Å². The molecule has 334 valence electrons. The molecule has 0 aliphatic heterocycles. The summed E-state index contributed by atoms with van der Waals surface area (Å²) in [4.78, 5) is 4.97. The highest BCUT2D eigenvalue weighted by molar-refractivity contribution is 7.91. The zero-order valence-corrected chi connectivity index (χ0v) is 39.5. The number of rotatable bonds is 17. The number of hydrogen-bond donors (Lipinski definition) is 0. The van der Waals surface area contributed by atoms with Gasteiger partial charge in [-0.3, -0.25) is 0 Å². The summed E-state index contributed by atoms with van der Waals surface area (Å²) in [5, 5.41) is 0. The molecule has 0 aromatic heterocycles. The SMILES string of the molecule is CCCC(C)(C)c1ccc(S(=O)(=O)c2ccc(Oc3ccc(N(c4ccccc4)c4ccc(-c5ccc(N(c6ccccc6)c6ccc(OC(C)(C)CC)cc6)cc5)cc4)cc3)cc2)cc1. The molecule has 0 atom stereocenters. The van der Waals surface area contributed by atoms with Crippen LogP contribution in [0.15, 0.2) is 216 Å². The number of sulfone groups is 1. The lowest BCUT2D eigenvalue weighted by Crippen LogP contribution is -2.26. The van der Waals surface area contributed by atoms with Crippen molar-refractivity contribution in [2.24, 2.45) is 0 Å². The predicted molar refractivity (Wildman–Crippen MR) is 273 cm³/mol. The van der Waals surface area contributed by atoms with Crippen LogP contribution in [0.1, 0.15) is 66.4 Å². The Morgan fingerprint density at radius 2 is 0.773 bits per heavy atom. The van der Waals surface area contributed by atoms with Crippen LogP contribution in [0.4, 0.5) is 34.1 Å². The van der Waals surface area contributed by atoms with Crippen molar-refractivity contribution in [2.45, 2.75) is 81.6 Å². The molecule has 66 heavy (non-hydrogen) atoms. The van der Waals surface area contributed by atoms with E-state index in [1.165, 1.54) is 0 Å². The zero-order valence-electron chi connectivity index (χ0n) is 38.7. The van der Waals surface area contributed by atoms with Crippen molar-refractivity contribution >= 4 is 44.0 Å². The van der Waals surface area contributed by atoms with Crippen molar-refractivity contribution in [3.63, 3.8) is 0 Å². The highest BCUT2D eigenvalue weighted by Gasteiger charge is 2.23. The molecule has 6 nitrogen and oxygen atoms in total. The van der Waals surface area contributed by atoms with Gasteiger partial charge in [-0.25, -0.2) is 8.42 Å². The molecule has 8 rings (SSSR count). The first-order chi connectivity index (χ1) is 31.8. The maximum atomic E-state index is 13.5. The van der Waals surface area contributed by atoms with E-state index in [1.54, 1.807) is 36.4 Å². The van der Waals surface area contributed by atoms with Crippen LogP contribution in [-0.2, 0) is 15.3 Å². The summed E-state index contributed by atoms with van der Waals surface area (Å²) in [5.41, 5.74) is 9.28. The van der Waals surface area contributed by atoms with Gasteiger partial charge in [-0.1, -0.05) is 107 Å². The average Bonchev–Trinajstić information content (AvgIpc) is 3.34. The molecule has 8 aromatic carbocycles. The second-order valence-electron chi connectivity index (χ2n) is 17.9. The minimum atomic E-state index is -3.69. The summed E-state index contributed by atoms with van der Waals surface area (Å²) >= 11 is 0. The topological polar surface area (TPSA) is 59.1 Å². The van der Waals surface area contributed by atoms with Crippen molar-refractivity contribution in [2.75, 3.05) is 9.80 Å². The molecule has 0 aliphatic rings. The summed E-state index contributed by atoms with van der Waals surface area (Å²) in [6.07, 6.45) is 3.01. The van der Waals surface area contributed by atoms with Crippen LogP contribution in [0.3, 0.4) is 0 Å². The average molecular weight is 891 g/mol. The van der Waals surface area contributed by atoms with Crippen LogP contribution in [-0.4, -0.2) is 14.0 Å². The minimum Gasteiger partial charge on any atom is -0.488 e. The van der Waals surface area contributed by atoms with E-state index in [2.05, 4.69) is 148 Å². The fourth-order valence-corrected chi connectivity index (χ4v) is 9.45.